The van der Waals surface area contributed by atoms with Crippen LogP contribution in [0, 0.1) is 13.8 Å². The number of nitrogens with one attached hydrogen (secondary N) is 1. The molecule has 1 amide bonds. The number of hydrogen-bond acceptors (Lipinski definition) is 2. The van der Waals surface area contributed by atoms with Crippen LogP contribution in [0.2, 0.25) is 0 Å². The molecule has 0 heterocycles. The summed E-state index contributed by atoms with van der Waals surface area (Å²) in [7, 11) is 0. The largest absolute Gasteiger partial charge is 0.481 e. The zero-order valence-corrected chi connectivity index (χ0v) is 16.2. The zero-order chi connectivity index (χ0) is 17.7. The average molecular weight is 390 g/mol. The van der Waals surface area contributed by atoms with E-state index >= 15 is 0 Å². The van der Waals surface area contributed by atoms with Crippen molar-refractivity contribution in [3.8, 4) is 5.75 Å². The second kappa shape index (κ2) is 8.34. The number of rotatable bonds is 6. The molecule has 0 aromatic heterocycles. The molecular weight excluding hydrogens is 366 g/mol. The Kier molecular flexibility index (Phi) is 6.44. The summed E-state index contributed by atoms with van der Waals surface area (Å²) in [4.78, 5) is 12.5. The van der Waals surface area contributed by atoms with Gasteiger partial charge < -0.3 is 10.1 Å². The van der Waals surface area contributed by atoms with Gasteiger partial charge in [-0.05, 0) is 68.1 Å². The second-order valence-corrected chi connectivity index (χ2v) is 6.94. The molecule has 2 aromatic rings. The van der Waals surface area contributed by atoms with Gasteiger partial charge in [-0.2, -0.15) is 0 Å². The topological polar surface area (TPSA) is 38.3 Å². The first-order chi connectivity index (χ1) is 11.4. The molecule has 0 aliphatic heterocycles. The van der Waals surface area contributed by atoms with Gasteiger partial charge in [0.2, 0.25) is 0 Å². The maximum Gasteiger partial charge on any atom is 0.261 e. The first-order valence-electron chi connectivity index (χ1n) is 8.20. The molecule has 3 nitrogen and oxygen atoms in total. The minimum Gasteiger partial charge on any atom is -0.481 e. The molecular formula is C20H24BrNO2. The fraction of sp³-hybridized carbons (Fsp3) is 0.350. The van der Waals surface area contributed by atoms with Gasteiger partial charge >= 0.3 is 0 Å². The van der Waals surface area contributed by atoms with Crippen LogP contribution in [0.15, 0.2) is 46.9 Å². The molecule has 128 valence electrons. The van der Waals surface area contributed by atoms with Crippen LogP contribution in [0.25, 0.3) is 0 Å². The molecule has 0 bridgehead atoms. The number of aryl methyl sites for hydroxylation is 2. The molecule has 0 saturated heterocycles. The van der Waals surface area contributed by atoms with Gasteiger partial charge in [0.25, 0.3) is 5.91 Å². The first-order valence-corrected chi connectivity index (χ1v) is 8.99. The third kappa shape index (κ3) is 4.84. The summed E-state index contributed by atoms with van der Waals surface area (Å²) < 4.78 is 6.70. The summed E-state index contributed by atoms with van der Waals surface area (Å²) in [5.74, 6) is 0.572. The SMILES string of the molecule is CC[C@@H](NC(=O)[C@@H](C)Oc1ccc(Br)cc1)c1ccc(C)c(C)c1. The van der Waals surface area contributed by atoms with Crippen molar-refractivity contribution in [2.75, 3.05) is 0 Å². The molecule has 2 atom stereocenters. The standard InChI is InChI=1S/C20H24BrNO2/c1-5-19(16-7-6-13(2)14(3)12-16)22-20(23)15(4)24-18-10-8-17(21)9-11-18/h6-12,15,19H,5H2,1-4H3,(H,22,23)/t15-,19-/m1/s1. The van der Waals surface area contributed by atoms with Crippen molar-refractivity contribution in [1.82, 2.24) is 5.32 Å². The van der Waals surface area contributed by atoms with Crippen LogP contribution in [0.4, 0.5) is 0 Å². The molecule has 0 spiro atoms. The maximum atomic E-state index is 12.5. The number of carbonyl (C=O) groups is 1. The van der Waals surface area contributed by atoms with Crippen molar-refractivity contribution in [3.05, 3.63) is 63.6 Å². The van der Waals surface area contributed by atoms with Crippen LogP contribution in [0.5, 0.6) is 5.75 Å². The lowest BCUT2D eigenvalue weighted by Gasteiger charge is -2.21. The van der Waals surface area contributed by atoms with E-state index in [4.69, 9.17) is 4.74 Å². The van der Waals surface area contributed by atoms with Gasteiger partial charge in [-0.3, -0.25) is 4.79 Å². The molecule has 0 unspecified atom stereocenters. The number of amides is 1. The first kappa shape index (κ1) is 18.5. The predicted octanol–water partition coefficient (Wildman–Crippen LogP) is 5.10. The summed E-state index contributed by atoms with van der Waals surface area (Å²) in [5, 5.41) is 3.09. The van der Waals surface area contributed by atoms with Gasteiger partial charge in [-0.1, -0.05) is 41.1 Å². The Labute approximate surface area is 152 Å². The molecule has 0 aliphatic carbocycles. The van der Waals surface area contributed by atoms with Gasteiger partial charge in [0.1, 0.15) is 5.75 Å². The Hall–Kier alpha value is -1.81. The van der Waals surface area contributed by atoms with Crippen molar-refractivity contribution >= 4 is 21.8 Å². The zero-order valence-electron chi connectivity index (χ0n) is 14.6. The fourth-order valence-electron chi connectivity index (χ4n) is 2.46. The summed E-state index contributed by atoms with van der Waals surface area (Å²) in [6.07, 6.45) is 0.283. The van der Waals surface area contributed by atoms with Gasteiger partial charge in [0.15, 0.2) is 6.10 Å². The third-order valence-corrected chi connectivity index (χ3v) is 4.68. The Bertz CT molecular complexity index is 697. The monoisotopic (exact) mass is 389 g/mol. The van der Waals surface area contributed by atoms with Crippen LogP contribution in [0.3, 0.4) is 0 Å². The van der Waals surface area contributed by atoms with E-state index in [9.17, 15) is 4.79 Å². The summed E-state index contributed by atoms with van der Waals surface area (Å²) in [6, 6.07) is 13.8. The van der Waals surface area contributed by atoms with Gasteiger partial charge in [-0.15, -0.1) is 0 Å². The molecule has 4 heteroatoms. The van der Waals surface area contributed by atoms with Gasteiger partial charge in [0.05, 0.1) is 6.04 Å². The van der Waals surface area contributed by atoms with E-state index in [1.165, 1.54) is 11.1 Å². The summed E-state index contributed by atoms with van der Waals surface area (Å²) >= 11 is 3.38. The van der Waals surface area contributed by atoms with Crippen LogP contribution in [0.1, 0.15) is 43.0 Å². The van der Waals surface area contributed by atoms with Crippen LogP contribution in [-0.4, -0.2) is 12.0 Å². The molecule has 2 rings (SSSR count). The van der Waals surface area contributed by atoms with E-state index < -0.39 is 6.10 Å². The van der Waals surface area contributed by atoms with Crippen molar-refractivity contribution in [2.24, 2.45) is 0 Å². The average Bonchev–Trinajstić information content (AvgIpc) is 2.57. The molecule has 24 heavy (non-hydrogen) atoms. The maximum absolute atomic E-state index is 12.5. The lowest BCUT2D eigenvalue weighted by atomic mass is 9.99. The van der Waals surface area contributed by atoms with E-state index in [0.29, 0.717) is 5.75 Å². The minimum absolute atomic E-state index is 0.00670. The molecule has 0 saturated carbocycles. The Morgan fingerprint density at radius 2 is 1.79 bits per heavy atom. The molecule has 0 aliphatic rings. The van der Waals surface area contributed by atoms with E-state index in [1.807, 2.05) is 24.3 Å². The smallest absolute Gasteiger partial charge is 0.261 e. The van der Waals surface area contributed by atoms with Crippen LogP contribution in [-0.2, 0) is 4.79 Å². The normalized spacial score (nSPS) is 13.2. The number of halogens is 1. The minimum atomic E-state index is -0.549. The number of carbonyl (C=O) groups excluding carboxylic acids is 1. The predicted molar refractivity (Wildman–Crippen MR) is 101 cm³/mol. The van der Waals surface area contributed by atoms with Crippen LogP contribution < -0.4 is 10.1 Å². The lowest BCUT2D eigenvalue weighted by molar-refractivity contribution is -0.128. The highest BCUT2D eigenvalue weighted by Gasteiger charge is 2.19. The molecule has 2 aromatic carbocycles. The second-order valence-electron chi connectivity index (χ2n) is 6.03. The lowest BCUT2D eigenvalue weighted by Crippen LogP contribution is -2.38. The quantitative estimate of drug-likeness (QED) is 0.745. The number of benzene rings is 2. The van der Waals surface area contributed by atoms with Crippen molar-refractivity contribution in [1.29, 1.82) is 0 Å². The molecule has 0 fully saturated rings. The third-order valence-electron chi connectivity index (χ3n) is 4.15. The highest BCUT2D eigenvalue weighted by molar-refractivity contribution is 9.10. The summed E-state index contributed by atoms with van der Waals surface area (Å²) in [5.41, 5.74) is 3.62. The highest BCUT2D eigenvalue weighted by Crippen LogP contribution is 2.21. The Morgan fingerprint density at radius 1 is 1.12 bits per heavy atom. The number of hydrogen-bond donors (Lipinski definition) is 1. The fourth-order valence-corrected chi connectivity index (χ4v) is 2.73. The Balaban J connectivity index is 2.02. The van der Waals surface area contributed by atoms with Crippen molar-refractivity contribution < 1.29 is 9.53 Å². The van der Waals surface area contributed by atoms with E-state index in [2.05, 4.69) is 60.2 Å². The van der Waals surface area contributed by atoms with Crippen molar-refractivity contribution in [2.45, 2.75) is 46.3 Å². The highest BCUT2D eigenvalue weighted by atomic mass is 79.9. The van der Waals surface area contributed by atoms with Gasteiger partial charge in [0, 0.05) is 4.47 Å². The van der Waals surface area contributed by atoms with Gasteiger partial charge in [-0.25, -0.2) is 0 Å². The Morgan fingerprint density at radius 3 is 2.38 bits per heavy atom. The van der Waals surface area contributed by atoms with E-state index in [1.54, 1.807) is 6.92 Å². The van der Waals surface area contributed by atoms with Crippen molar-refractivity contribution in [3.63, 3.8) is 0 Å². The molecule has 1 N–H and O–H groups in total. The summed E-state index contributed by atoms with van der Waals surface area (Å²) in [6.45, 7) is 8.02. The molecule has 0 radical (unpaired) electrons. The van der Waals surface area contributed by atoms with E-state index in [-0.39, 0.29) is 11.9 Å². The number of ether oxygens (including phenoxy) is 1. The van der Waals surface area contributed by atoms with Crippen LogP contribution >= 0.6 is 15.9 Å². The van der Waals surface area contributed by atoms with E-state index in [0.717, 1.165) is 16.5 Å².